The van der Waals surface area contributed by atoms with Gasteiger partial charge in [-0.3, -0.25) is 0 Å². The fourth-order valence-corrected chi connectivity index (χ4v) is 4.34. The summed E-state index contributed by atoms with van der Waals surface area (Å²) in [7, 11) is 0. The number of nitrogen functional groups attached to an aromatic ring is 1. The fraction of sp³-hybridized carbons (Fsp3) is 0.682. The van der Waals surface area contributed by atoms with Crippen LogP contribution in [0.3, 0.4) is 0 Å². The average Bonchev–Trinajstić information content (AvgIpc) is 2.98. The van der Waals surface area contributed by atoms with Gasteiger partial charge in [0.05, 0.1) is 11.1 Å². The molecule has 2 aromatic rings. The molecule has 4 N–H and O–H groups in total. The number of carbonyl (C=O) groups excluding carboxylic acids is 1. The van der Waals surface area contributed by atoms with Gasteiger partial charge in [0.2, 0.25) is 0 Å². The second-order valence-corrected chi connectivity index (χ2v) is 9.09. The van der Waals surface area contributed by atoms with Crippen LogP contribution >= 0.6 is 0 Å². The topological polar surface area (TPSA) is 97.9 Å². The number of aromatic nitrogens is 3. The van der Waals surface area contributed by atoms with Gasteiger partial charge in [-0.15, -0.1) is 0 Å². The smallest absolute Gasteiger partial charge is 0.315 e. The largest absolute Gasteiger partial charge is 0.382 e. The van der Waals surface area contributed by atoms with Crippen LogP contribution in [0.2, 0.25) is 0 Å². The van der Waals surface area contributed by atoms with E-state index in [4.69, 9.17) is 10.7 Å². The van der Waals surface area contributed by atoms with Gasteiger partial charge in [0.1, 0.15) is 11.3 Å². The zero-order chi connectivity index (χ0) is 21.2. The van der Waals surface area contributed by atoms with Crippen LogP contribution in [-0.4, -0.2) is 32.1 Å². The number of aryl methyl sites for hydroxylation is 3. The summed E-state index contributed by atoms with van der Waals surface area (Å²) in [5, 5.41) is 6.34. The molecule has 1 fully saturated rings. The highest BCUT2D eigenvalue weighted by Crippen LogP contribution is 2.28. The summed E-state index contributed by atoms with van der Waals surface area (Å²) in [6.07, 6.45) is 7.67. The molecule has 3 rings (SSSR count). The Morgan fingerprint density at radius 2 is 1.90 bits per heavy atom. The first-order valence-corrected chi connectivity index (χ1v) is 10.9. The quantitative estimate of drug-likeness (QED) is 0.683. The zero-order valence-electron chi connectivity index (χ0n) is 18.6. The van der Waals surface area contributed by atoms with Crippen molar-refractivity contribution in [2.24, 2.45) is 0 Å². The van der Waals surface area contributed by atoms with Crippen molar-refractivity contribution in [2.75, 3.05) is 5.73 Å². The lowest BCUT2D eigenvalue weighted by atomic mass is 9.95. The van der Waals surface area contributed by atoms with Crippen molar-refractivity contribution in [3.63, 3.8) is 0 Å². The Morgan fingerprint density at radius 1 is 1.21 bits per heavy atom. The first-order chi connectivity index (χ1) is 13.7. The van der Waals surface area contributed by atoms with Crippen LogP contribution in [0.25, 0.3) is 11.0 Å². The van der Waals surface area contributed by atoms with Gasteiger partial charge in [-0.25, -0.2) is 14.8 Å². The molecule has 2 aromatic heterocycles. The molecule has 160 valence electrons. The summed E-state index contributed by atoms with van der Waals surface area (Å²) in [5.41, 5.74) is 9.55. The Hall–Kier alpha value is -2.31. The van der Waals surface area contributed by atoms with E-state index in [1.165, 1.54) is 19.3 Å². The van der Waals surface area contributed by atoms with Gasteiger partial charge >= 0.3 is 6.03 Å². The molecule has 0 atom stereocenters. The summed E-state index contributed by atoms with van der Waals surface area (Å²) >= 11 is 0. The van der Waals surface area contributed by atoms with Crippen molar-refractivity contribution in [1.82, 2.24) is 25.2 Å². The minimum absolute atomic E-state index is 0.0857. The molecule has 1 aliphatic carbocycles. The number of anilines is 1. The summed E-state index contributed by atoms with van der Waals surface area (Å²) in [5.74, 6) is 1.47. The summed E-state index contributed by atoms with van der Waals surface area (Å²) in [4.78, 5) is 21.9. The predicted molar refractivity (Wildman–Crippen MR) is 118 cm³/mol. The van der Waals surface area contributed by atoms with Crippen LogP contribution in [0.1, 0.15) is 76.4 Å². The van der Waals surface area contributed by atoms with Crippen molar-refractivity contribution in [3.8, 4) is 0 Å². The Kier molecular flexibility index (Phi) is 6.34. The van der Waals surface area contributed by atoms with E-state index in [2.05, 4.69) is 47.9 Å². The van der Waals surface area contributed by atoms with Gasteiger partial charge in [0, 0.05) is 24.7 Å². The molecule has 0 aromatic carbocycles. The maximum atomic E-state index is 12.6. The zero-order valence-corrected chi connectivity index (χ0v) is 18.6. The van der Waals surface area contributed by atoms with Crippen molar-refractivity contribution in [1.29, 1.82) is 0 Å². The number of imidazole rings is 1. The van der Waals surface area contributed by atoms with E-state index in [0.717, 1.165) is 53.8 Å². The molecule has 29 heavy (non-hydrogen) atoms. The van der Waals surface area contributed by atoms with E-state index in [9.17, 15) is 4.79 Å². The number of carbonyl (C=O) groups is 1. The van der Waals surface area contributed by atoms with Gasteiger partial charge in [0.15, 0.2) is 5.82 Å². The number of fused-ring (bicyclic) bond motifs is 1. The third-order valence-corrected chi connectivity index (χ3v) is 5.89. The molecule has 7 heteroatoms. The number of hydrogen-bond donors (Lipinski definition) is 3. The molecule has 1 saturated carbocycles. The molecule has 2 amide bonds. The van der Waals surface area contributed by atoms with Gasteiger partial charge in [0.25, 0.3) is 0 Å². The molecule has 0 unspecified atom stereocenters. The summed E-state index contributed by atoms with van der Waals surface area (Å²) < 4.78 is 2.22. The van der Waals surface area contributed by atoms with Crippen molar-refractivity contribution in [3.05, 3.63) is 17.1 Å². The Morgan fingerprint density at radius 3 is 2.55 bits per heavy atom. The van der Waals surface area contributed by atoms with Crippen LogP contribution in [0.5, 0.6) is 0 Å². The predicted octanol–water partition coefficient (Wildman–Crippen LogP) is 3.99. The van der Waals surface area contributed by atoms with Crippen LogP contribution in [-0.2, 0) is 13.0 Å². The van der Waals surface area contributed by atoms with E-state index in [1.807, 2.05) is 6.92 Å². The molecule has 2 heterocycles. The summed E-state index contributed by atoms with van der Waals surface area (Å²) in [6, 6.07) is 0.206. The number of pyridine rings is 1. The number of hydrogen-bond acceptors (Lipinski definition) is 4. The SMILES string of the molecule is CCCc1nc2c(N)nc(C)c(C)c2n1CC(C)(C)NC(=O)NC1CCCCC1. The molecule has 0 radical (unpaired) electrons. The number of nitrogens with two attached hydrogens (primary N) is 1. The highest BCUT2D eigenvalue weighted by molar-refractivity contribution is 5.88. The molecular weight excluding hydrogens is 364 g/mol. The third kappa shape index (κ3) is 4.82. The van der Waals surface area contributed by atoms with Crippen molar-refractivity contribution < 1.29 is 4.79 Å². The monoisotopic (exact) mass is 400 g/mol. The third-order valence-electron chi connectivity index (χ3n) is 5.89. The van der Waals surface area contributed by atoms with Crippen LogP contribution in [0.15, 0.2) is 0 Å². The van der Waals surface area contributed by atoms with E-state index in [1.54, 1.807) is 0 Å². The number of urea groups is 1. The number of nitrogens with one attached hydrogen (secondary N) is 2. The lowest BCUT2D eigenvalue weighted by molar-refractivity contribution is 0.218. The maximum Gasteiger partial charge on any atom is 0.315 e. The molecule has 0 saturated heterocycles. The lowest BCUT2D eigenvalue weighted by Crippen LogP contribution is -2.53. The minimum Gasteiger partial charge on any atom is -0.382 e. The average molecular weight is 401 g/mol. The van der Waals surface area contributed by atoms with Gasteiger partial charge in [-0.2, -0.15) is 0 Å². The Labute approximate surface area is 173 Å². The first-order valence-electron chi connectivity index (χ1n) is 10.9. The normalized spacial score (nSPS) is 15.6. The van der Waals surface area contributed by atoms with Crippen molar-refractivity contribution >= 4 is 22.9 Å². The van der Waals surface area contributed by atoms with Gasteiger partial charge in [-0.1, -0.05) is 26.2 Å². The molecule has 0 aliphatic heterocycles. The first kappa shape index (κ1) is 21.4. The minimum atomic E-state index is -0.437. The summed E-state index contributed by atoms with van der Waals surface area (Å²) in [6.45, 7) is 10.9. The van der Waals surface area contributed by atoms with Crippen LogP contribution in [0.4, 0.5) is 10.6 Å². The molecule has 0 spiro atoms. The number of nitrogens with zero attached hydrogens (tertiary/aromatic N) is 3. The molecule has 7 nitrogen and oxygen atoms in total. The second-order valence-electron chi connectivity index (χ2n) is 9.09. The number of rotatable bonds is 6. The fourth-order valence-electron chi connectivity index (χ4n) is 4.34. The second kappa shape index (κ2) is 8.59. The highest BCUT2D eigenvalue weighted by atomic mass is 16.2. The van der Waals surface area contributed by atoms with Gasteiger partial charge in [-0.05, 0) is 52.5 Å². The van der Waals surface area contributed by atoms with Gasteiger partial charge < -0.3 is 20.9 Å². The van der Waals surface area contributed by atoms with Crippen molar-refractivity contribution in [2.45, 2.75) is 97.7 Å². The number of amides is 2. The molecular formula is C22H36N6O. The van der Waals surface area contributed by atoms with E-state index in [-0.39, 0.29) is 6.03 Å². The van der Waals surface area contributed by atoms with E-state index >= 15 is 0 Å². The van der Waals surface area contributed by atoms with Crippen LogP contribution < -0.4 is 16.4 Å². The van der Waals surface area contributed by atoms with Crippen LogP contribution in [0, 0.1) is 13.8 Å². The Bertz CT molecular complexity index is 879. The lowest BCUT2D eigenvalue weighted by Gasteiger charge is -2.30. The maximum absolute atomic E-state index is 12.6. The van der Waals surface area contributed by atoms with E-state index < -0.39 is 5.54 Å². The molecule has 1 aliphatic rings. The van der Waals surface area contributed by atoms with E-state index in [0.29, 0.717) is 18.4 Å². The Balaban J connectivity index is 1.85. The molecule has 0 bridgehead atoms. The highest BCUT2D eigenvalue weighted by Gasteiger charge is 2.27. The standard InChI is InChI=1S/C22H36N6O/c1-6-10-17-26-18-19(14(2)15(3)24-20(18)23)28(17)13-22(4,5)27-21(29)25-16-11-8-7-9-12-16/h16H,6-13H2,1-5H3,(H2,23,24)(H2,25,27,29).